The summed E-state index contributed by atoms with van der Waals surface area (Å²) in [6, 6.07) is 2.22. The first-order valence-corrected chi connectivity index (χ1v) is 7.48. The SMILES string of the molecule is COC(=O)[C@H](Cc1cc(Cl)c(F)c(Cl)c1)NCOC(C)(C)C. The lowest BCUT2D eigenvalue weighted by molar-refractivity contribution is -0.144. The van der Waals surface area contributed by atoms with E-state index in [1.165, 1.54) is 19.2 Å². The molecule has 0 unspecified atom stereocenters. The van der Waals surface area contributed by atoms with Gasteiger partial charge in [-0.3, -0.25) is 10.1 Å². The number of ether oxygens (including phenoxy) is 2. The maximum atomic E-state index is 13.4. The average Bonchev–Trinajstić information content (AvgIpc) is 2.41. The Morgan fingerprint density at radius 2 is 1.86 bits per heavy atom. The molecule has 0 aliphatic rings. The van der Waals surface area contributed by atoms with E-state index in [0.29, 0.717) is 5.56 Å². The number of methoxy groups -OCH3 is 1. The number of hydrogen-bond acceptors (Lipinski definition) is 4. The third-order valence-electron chi connectivity index (χ3n) is 2.80. The van der Waals surface area contributed by atoms with E-state index >= 15 is 0 Å². The smallest absolute Gasteiger partial charge is 0.323 e. The van der Waals surface area contributed by atoms with Gasteiger partial charge in [0.15, 0.2) is 5.82 Å². The Bertz CT molecular complexity index is 509. The number of halogens is 3. The van der Waals surface area contributed by atoms with Crippen LogP contribution in [0.25, 0.3) is 0 Å². The Balaban J connectivity index is 2.79. The molecule has 124 valence electrons. The van der Waals surface area contributed by atoms with Crippen molar-refractivity contribution < 1.29 is 18.7 Å². The second-order valence-electron chi connectivity index (χ2n) is 5.76. The molecule has 1 atom stereocenters. The van der Waals surface area contributed by atoms with Crippen LogP contribution in [0.2, 0.25) is 10.0 Å². The van der Waals surface area contributed by atoms with Crippen LogP contribution in [-0.2, 0) is 20.7 Å². The van der Waals surface area contributed by atoms with Gasteiger partial charge in [-0.2, -0.15) is 0 Å². The minimum atomic E-state index is -0.675. The molecule has 1 N–H and O–H groups in total. The summed E-state index contributed by atoms with van der Waals surface area (Å²) in [5.41, 5.74) is 0.283. The molecule has 0 fully saturated rings. The van der Waals surface area contributed by atoms with E-state index in [1.807, 2.05) is 20.8 Å². The molecule has 1 aromatic carbocycles. The van der Waals surface area contributed by atoms with Crippen LogP contribution in [0.4, 0.5) is 4.39 Å². The molecule has 0 bridgehead atoms. The first kappa shape index (κ1) is 19.2. The minimum Gasteiger partial charge on any atom is -0.468 e. The van der Waals surface area contributed by atoms with E-state index < -0.39 is 17.8 Å². The monoisotopic (exact) mass is 351 g/mol. The maximum absolute atomic E-state index is 13.4. The van der Waals surface area contributed by atoms with Gasteiger partial charge in [-0.05, 0) is 44.9 Å². The normalized spacial score (nSPS) is 13.0. The van der Waals surface area contributed by atoms with Gasteiger partial charge in [-0.15, -0.1) is 0 Å². The predicted molar refractivity (Wildman–Crippen MR) is 84.8 cm³/mol. The number of nitrogens with one attached hydrogen (secondary N) is 1. The molecular weight excluding hydrogens is 332 g/mol. The van der Waals surface area contributed by atoms with Gasteiger partial charge in [-0.1, -0.05) is 23.2 Å². The van der Waals surface area contributed by atoms with Crippen molar-refractivity contribution >= 4 is 29.2 Å². The predicted octanol–water partition coefficient (Wildman–Crippen LogP) is 3.58. The lowest BCUT2D eigenvalue weighted by Crippen LogP contribution is -2.42. The largest absolute Gasteiger partial charge is 0.468 e. The van der Waals surface area contributed by atoms with Crippen LogP contribution >= 0.6 is 23.2 Å². The minimum absolute atomic E-state index is 0.0861. The molecule has 22 heavy (non-hydrogen) atoms. The molecule has 4 nitrogen and oxygen atoms in total. The summed E-state index contributed by atoms with van der Waals surface area (Å²) >= 11 is 11.5. The first-order valence-electron chi connectivity index (χ1n) is 6.72. The molecule has 0 saturated heterocycles. The van der Waals surface area contributed by atoms with Crippen molar-refractivity contribution in [3.8, 4) is 0 Å². The van der Waals surface area contributed by atoms with Gasteiger partial charge in [0.05, 0.1) is 29.5 Å². The highest BCUT2D eigenvalue weighted by Crippen LogP contribution is 2.25. The fraction of sp³-hybridized carbons (Fsp3) is 0.533. The lowest BCUT2D eigenvalue weighted by atomic mass is 10.1. The summed E-state index contributed by atoms with van der Waals surface area (Å²) in [6.45, 7) is 5.88. The molecule has 1 aromatic rings. The van der Waals surface area contributed by atoms with E-state index in [4.69, 9.17) is 32.7 Å². The Morgan fingerprint density at radius 3 is 2.32 bits per heavy atom. The van der Waals surface area contributed by atoms with Crippen molar-refractivity contribution in [2.24, 2.45) is 0 Å². The van der Waals surface area contributed by atoms with Gasteiger partial charge in [0.2, 0.25) is 0 Å². The summed E-state index contributed by atoms with van der Waals surface area (Å²) in [5.74, 6) is -1.13. The van der Waals surface area contributed by atoms with Gasteiger partial charge in [-0.25, -0.2) is 4.39 Å². The van der Waals surface area contributed by atoms with E-state index in [1.54, 1.807) is 0 Å². The topological polar surface area (TPSA) is 47.6 Å². The number of carbonyl (C=O) groups excluding carboxylic acids is 1. The molecule has 7 heteroatoms. The number of benzene rings is 1. The highest BCUT2D eigenvalue weighted by Gasteiger charge is 2.21. The second-order valence-corrected chi connectivity index (χ2v) is 6.57. The van der Waals surface area contributed by atoms with Crippen molar-refractivity contribution in [2.75, 3.05) is 13.8 Å². The number of hydrogen-bond donors (Lipinski definition) is 1. The zero-order valence-corrected chi connectivity index (χ0v) is 14.5. The average molecular weight is 352 g/mol. The molecule has 0 aliphatic heterocycles. The summed E-state index contributed by atoms with van der Waals surface area (Å²) in [7, 11) is 1.30. The van der Waals surface area contributed by atoms with Crippen molar-refractivity contribution in [1.82, 2.24) is 5.32 Å². The molecule has 0 aliphatic carbocycles. The highest BCUT2D eigenvalue weighted by molar-refractivity contribution is 6.35. The Morgan fingerprint density at radius 1 is 1.32 bits per heavy atom. The van der Waals surface area contributed by atoms with Gasteiger partial charge < -0.3 is 9.47 Å². The fourth-order valence-electron chi connectivity index (χ4n) is 1.70. The zero-order chi connectivity index (χ0) is 16.9. The van der Waals surface area contributed by atoms with Gasteiger partial charge >= 0.3 is 5.97 Å². The van der Waals surface area contributed by atoms with E-state index in [9.17, 15) is 9.18 Å². The lowest BCUT2D eigenvalue weighted by Gasteiger charge is -2.23. The van der Waals surface area contributed by atoms with E-state index in [2.05, 4.69) is 5.32 Å². The van der Waals surface area contributed by atoms with Crippen molar-refractivity contribution in [1.29, 1.82) is 0 Å². The van der Waals surface area contributed by atoms with Crippen LogP contribution in [0.3, 0.4) is 0 Å². The van der Waals surface area contributed by atoms with Gasteiger partial charge in [0, 0.05) is 0 Å². The molecule has 0 spiro atoms. The molecule has 0 radical (unpaired) electrons. The summed E-state index contributed by atoms with van der Waals surface area (Å²) < 4.78 is 23.7. The summed E-state index contributed by atoms with van der Waals surface area (Å²) in [5, 5.41) is 2.78. The number of esters is 1. The number of carbonyl (C=O) groups is 1. The van der Waals surface area contributed by atoms with Gasteiger partial charge in [0.1, 0.15) is 6.04 Å². The first-order chi connectivity index (χ1) is 10.1. The standard InChI is InChI=1S/C15H20Cl2FNO3/c1-15(2,3)22-8-19-12(14(20)21-4)7-9-5-10(16)13(18)11(17)6-9/h5-6,12,19H,7-8H2,1-4H3/t12-/m0/s1. The second kappa shape index (κ2) is 8.11. The molecule has 0 heterocycles. The maximum Gasteiger partial charge on any atom is 0.323 e. The van der Waals surface area contributed by atoms with Crippen LogP contribution in [0.5, 0.6) is 0 Å². The van der Waals surface area contributed by atoms with Crippen LogP contribution in [0, 0.1) is 5.82 Å². The van der Waals surface area contributed by atoms with Crippen LogP contribution in [0.15, 0.2) is 12.1 Å². The fourth-order valence-corrected chi connectivity index (χ4v) is 2.23. The van der Waals surface area contributed by atoms with Crippen molar-refractivity contribution in [3.63, 3.8) is 0 Å². The van der Waals surface area contributed by atoms with Crippen molar-refractivity contribution in [3.05, 3.63) is 33.6 Å². The van der Waals surface area contributed by atoms with E-state index in [0.717, 1.165) is 0 Å². The Hall–Kier alpha value is -0.880. The summed E-state index contributed by atoms with van der Waals surface area (Å²) in [6.07, 6.45) is 0.250. The van der Waals surface area contributed by atoms with E-state index in [-0.39, 0.29) is 28.8 Å². The zero-order valence-electron chi connectivity index (χ0n) is 13.0. The number of rotatable bonds is 6. The van der Waals surface area contributed by atoms with Crippen LogP contribution in [0.1, 0.15) is 26.3 Å². The highest BCUT2D eigenvalue weighted by atomic mass is 35.5. The summed E-state index contributed by atoms with van der Waals surface area (Å²) in [4.78, 5) is 11.8. The molecule has 0 saturated carbocycles. The molecular formula is C15H20Cl2FNO3. The van der Waals surface area contributed by atoms with Crippen molar-refractivity contribution in [2.45, 2.75) is 38.8 Å². The Kier molecular flexibility index (Phi) is 7.06. The molecule has 0 aromatic heterocycles. The molecule has 1 rings (SSSR count). The van der Waals surface area contributed by atoms with Gasteiger partial charge in [0.25, 0.3) is 0 Å². The van der Waals surface area contributed by atoms with Crippen LogP contribution < -0.4 is 5.32 Å². The Labute approximate surface area is 139 Å². The third kappa shape index (κ3) is 6.08. The quantitative estimate of drug-likeness (QED) is 0.483. The molecule has 0 amide bonds. The van der Waals surface area contributed by atoms with Crippen LogP contribution in [-0.4, -0.2) is 31.5 Å². The third-order valence-corrected chi connectivity index (χ3v) is 3.35.